The lowest BCUT2D eigenvalue weighted by molar-refractivity contribution is -0.129. The maximum absolute atomic E-state index is 13.2. The highest BCUT2D eigenvalue weighted by Crippen LogP contribution is 2.29. The molecular weight excluding hydrogens is 566 g/mol. The highest BCUT2D eigenvalue weighted by Gasteiger charge is 2.22. The molecular formula is C25H37N11O3S2. The second-order valence-corrected chi connectivity index (χ2v) is 11.5. The number of aromatic nitrogens is 1. The first-order valence-corrected chi connectivity index (χ1v) is 15.0. The fourth-order valence-electron chi connectivity index (χ4n) is 3.88. The zero-order valence-corrected chi connectivity index (χ0v) is 24.5. The maximum Gasteiger partial charge on any atom is 0.246 e. The van der Waals surface area contributed by atoms with Gasteiger partial charge in [0.15, 0.2) is 11.9 Å². The number of hydrogen-bond acceptors (Lipinski definition) is 9. The Kier molecular flexibility index (Phi) is 12.1. The molecule has 0 radical (unpaired) electrons. The summed E-state index contributed by atoms with van der Waals surface area (Å²) in [5, 5.41) is 10.0. The van der Waals surface area contributed by atoms with E-state index in [0.717, 1.165) is 32.6 Å². The number of carbonyl (C=O) groups is 3. The van der Waals surface area contributed by atoms with Crippen LogP contribution in [-0.2, 0) is 14.4 Å². The van der Waals surface area contributed by atoms with Gasteiger partial charge in [0.1, 0.15) is 16.1 Å². The van der Waals surface area contributed by atoms with Gasteiger partial charge in [-0.3, -0.25) is 29.4 Å². The molecule has 2 atom stereocenters. The Labute approximate surface area is 246 Å². The number of nitrogens with zero attached hydrogens (tertiary/aromatic N) is 4. The molecule has 0 fully saturated rings. The van der Waals surface area contributed by atoms with E-state index in [1.807, 2.05) is 12.1 Å². The van der Waals surface area contributed by atoms with E-state index in [9.17, 15) is 14.4 Å². The van der Waals surface area contributed by atoms with E-state index in [1.165, 1.54) is 11.3 Å². The SMILES string of the molecule is C[C@H](CCCN=C(N)N)C(=O)NCC(=O)N[C@@H](CCCN=C(N)N)C(=O)Nc1ccc2nc(C3=NCCS3)sc2c1. The van der Waals surface area contributed by atoms with E-state index in [4.69, 9.17) is 22.9 Å². The molecule has 1 aromatic heterocycles. The number of nitrogens with two attached hydrogens (primary N) is 4. The normalized spacial score (nSPS) is 14.0. The molecule has 1 aliphatic rings. The average Bonchev–Trinajstić information content (AvgIpc) is 3.61. The third-order valence-electron chi connectivity index (χ3n) is 5.98. The molecule has 0 spiro atoms. The van der Waals surface area contributed by atoms with Gasteiger partial charge in [-0.05, 0) is 43.9 Å². The Hall–Kier alpha value is -3.92. The molecule has 1 aromatic carbocycles. The van der Waals surface area contributed by atoms with Crippen molar-refractivity contribution in [1.29, 1.82) is 0 Å². The quantitative estimate of drug-likeness (QED) is 0.0826. The fraction of sp³-hybridized carbons (Fsp3) is 0.480. The third-order valence-corrected chi connectivity index (χ3v) is 8.12. The number of benzene rings is 1. The zero-order valence-electron chi connectivity index (χ0n) is 22.9. The lowest BCUT2D eigenvalue weighted by Gasteiger charge is -2.19. The average molecular weight is 604 g/mol. The molecule has 0 aliphatic carbocycles. The summed E-state index contributed by atoms with van der Waals surface area (Å²) in [6.07, 6.45) is 1.91. The van der Waals surface area contributed by atoms with Crippen molar-refractivity contribution in [2.45, 2.75) is 38.6 Å². The van der Waals surface area contributed by atoms with Gasteiger partial charge in [0.25, 0.3) is 0 Å². The van der Waals surface area contributed by atoms with Crippen LogP contribution in [-0.4, -0.2) is 77.6 Å². The Morgan fingerprint density at radius 2 is 1.73 bits per heavy atom. The van der Waals surface area contributed by atoms with Crippen molar-refractivity contribution in [2.75, 3.05) is 37.2 Å². The van der Waals surface area contributed by atoms with E-state index >= 15 is 0 Å². The van der Waals surface area contributed by atoms with Crippen LogP contribution in [0.25, 0.3) is 10.2 Å². The van der Waals surface area contributed by atoms with Crippen LogP contribution in [0.4, 0.5) is 5.69 Å². The van der Waals surface area contributed by atoms with Crippen LogP contribution < -0.4 is 38.9 Å². The van der Waals surface area contributed by atoms with Crippen molar-refractivity contribution in [3.63, 3.8) is 0 Å². The second-order valence-electron chi connectivity index (χ2n) is 9.36. The third kappa shape index (κ3) is 10.5. The molecule has 1 aliphatic heterocycles. The Balaban J connectivity index is 1.58. The van der Waals surface area contributed by atoms with Gasteiger partial charge < -0.3 is 38.9 Å². The summed E-state index contributed by atoms with van der Waals surface area (Å²) >= 11 is 3.20. The number of guanidine groups is 2. The van der Waals surface area contributed by atoms with Gasteiger partial charge in [-0.2, -0.15) is 0 Å². The highest BCUT2D eigenvalue weighted by molar-refractivity contribution is 8.15. The Bertz CT molecular complexity index is 1320. The summed E-state index contributed by atoms with van der Waals surface area (Å²) < 4.78 is 0.913. The molecule has 16 heteroatoms. The van der Waals surface area contributed by atoms with Gasteiger partial charge in [0, 0.05) is 37.0 Å². The summed E-state index contributed by atoms with van der Waals surface area (Å²) in [5.41, 5.74) is 22.8. The van der Waals surface area contributed by atoms with Crippen molar-refractivity contribution in [3.8, 4) is 0 Å². The minimum Gasteiger partial charge on any atom is -0.370 e. The molecule has 2 heterocycles. The van der Waals surface area contributed by atoms with Crippen LogP contribution in [0.2, 0.25) is 0 Å². The van der Waals surface area contributed by atoms with Crippen LogP contribution in [0, 0.1) is 5.92 Å². The lowest BCUT2D eigenvalue weighted by atomic mass is 10.0. The molecule has 0 bridgehead atoms. The van der Waals surface area contributed by atoms with Gasteiger partial charge >= 0.3 is 0 Å². The van der Waals surface area contributed by atoms with E-state index in [2.05, 4.69) is 35.9 Å². The van der Waals surface area contributed by atoms with Crippen LogP contribution in [0.5, 0.6) is 0 Å². The Morgan fingerprint density at radius 3 is 2.39 bits per heavy atom. The van der Waals surface area contributed by atoms with Crippen LogP contribution in [0.3, 0.4) is 0 Å². The predicted octanol–water partition coefficient (Wildman–Crippen LogP) is 0.0725. The molecule has 222 valence electrons. The van der Waals surface area contributed by atoms with Gasteiger partial charge in [0.05, 0.1) is 16.8 Å². The van der Waals surface area contributed by atoms with Crippen molar-refractivity contribution < 1.29 is 14.4 Å². The molecule has 14 nitrogen and oxygen atoms in total. The molecule has 0 saturated carbocycles. The summed E-state index contributed by atoms with van der Waals surface area (Å²) in [7, 11) is 0. The highest BCUT2D eigenvalue weighted by atomic mass is 32.2. The van der Waals surface area contributed by atoms with E-state index < -0.39 is 17.9 Å². The van der Waals surface area contributed by atoms with E-state index in [1.54, 1.807) is 24.8 Å². The van der Waals surface area contributed by atoms with Crippen molar-refractivity contribution in [3.05, 3.63) is 23.2 Å². The topological polar surface area (TPSA) is 241 Å². The number of hydrogen-bond donors (Lipinski definition) is 7. The van der Waals surface area contributed by atoms with Crippen molar-refractivity contribution in [1.82, 2.24) is 15.6 Å². The number of anilines is 1. The maximum atomic E-state index is 13.2. The zero-order chi connectivity index (χ0) is 29.8. The number of thiazole rings is 1. The Morgan fingerprint density at radius 1 is 1.02 bits per heavy atom. The van der Waals surface area contributed by atoms with Crippen LogP contribution in [0.15, 0.2) is 33.2 Å². The first kappa shape index (κ1) is 31.6. The number of aliphatic imine (C=N–C) groups is 3. The summed E-state index contributed by atoms with van der Waals surface area (Å²) in [6, 6.07) is 4.58. The molecule has 41 heavy (non-hydrogen) atoms. The molecule has 11 N–H and O–H groups in total. The summed E-state index contributed by atoms with van der Waals surface area (Å²) in [5.74, 6) is -0.610. The molecule has 0 saturated heterocycles. The number of fused-ring (bicyclic) bond motifs is 1. The molecule has 0 unspecified atom stereocenters. The summed E-state index contributed by atoms with van der Waals surface area (Å²) in [6.45, 7) is 2.99. The minimum atomic E-state index is -0.873. The number of carbonyl (C=O) groups excluding carboxylic acids is 3. The van der Waals surface area contributed by atoms with E-state index in [-0.39, 0.29) is 36.7 Å². The monoisotopic (exact) mass is 603 g/mol. The standard InChI is InChI=1S/C25H37N11O3S2/c1-14(4-2-8-31-24(26)27)20(38)33-13-19(37)35-17(5-3-9-32-25(28)29)21(39)34-15-6-7-16-18(12-15)41-23(36-16)22-30-10-11-40-22/h6-7,12,14,17H,2-5,8-11,13H2,1H3,(H,33,38)(H,34,39)(H,35,37)(H4,26,27,31)(H4,28,29,32)/t14-,17+/m1/s1. The predicted molar refractivity (Wildman–Crippen MR) is 166 cm³/mol. The number of nitrogens with one attached hydrogen (secondary N) is 3. The largest absolute Gasteiger partial charge is 0.370 e. The number of thioether (sulfide) groups is 1. The molecule has 2 aromatic rings. The first-order chi connectivity index (χ1) is 19.6. The van der Waals surface area contributed by atoms with Crippen molar-refractivity contribution >= 4 is 73.7 Å². The minimum absolute atomic E-state index is 0.00260. The number of amides is 3. The van der Waals surface area contributed by atoms with Crippen LogP contribution in [0.1, 0.15) is 37.6 Å². The van der Waals surface area contributed by atoms with Crippen molar-refractivity contribution in [2.24, 2.45) is 43.8 Å². The van der Waals surface area contributed by atoms with Gasteiger partial charge in [-0.25, -0.2) is 4.98 Å². The van der Waals surface area contributed by atoms with Gasteiger partial charge in [-0.15, -0.1) is 23.1 Å². The molecule has 3 amide bonds. The first-order valence-electron chi connectivity index (χ1n) is 13.2. The molecule has 3 rings (SSSR count). The van der Waals surface area contributed by atoms with Gasteiger partial charge in [0.2, 0.25) is 17.7 Å². The lowest BCUT2D eigenvalue weighted by Crippen LogP contribution is -2.48. The van der Waals surface area contributed by atoms with E-state index in [0.29, 0.717) is 38.0 Å². The van der Waals surface area contributed by atoms with Crippen LogP contribution >= 0.6 is 23.1 Å². The smallest absolute Gasteiger partial charge is 0.246 e. The fourth-order valence-corrected chi connectivity index (χ4v) is 5.82. The number of rotatable bonds is 15. The summed E-state index contributed by atoms with van der Waals surface area (Å²) in [4.78, 5) is 55.2. The van der Waals surface area contributed by atoms with Gasteiger partial charge in [-0.1, -0.05) is 6.92 Å². The second kappa shape index (κ2) is 15.8.